The van der Waals surface area contributed by atoms with Crippen molar-refractivity contribution in [2.45, 2.75) is 52.4 Å². The van der Waals surface area contributed by atoms with Crippen molar-refractivity contribution in [1.29, 1.82) is 0 Å². The van der Waals surface area contributed by atoms with Crippen LogP contribution in [0.4, 0.5) is 0 Å². The minimum atomic E-state index is -0.252. The predicted molar refractivity (Wildman–Crippen MR) is 95.0 cm³/mol. The van der Waals surface area contributed by atoms with Gasteiger partial charge >= 0.3 is 0 Å². The molecule has 136 valence electrons. The Hall–Kier alpha value is -1.75. The maximum absolute atomic E-state index is 12.0. The van der Waals surface area contributed by atoms with Gasteiger partial charge in [0.15, 0.2) is 0 Å². The van der Waals surface area contributed by atoms with E-state index >= 15 is 0 Å². The fourth-order valence-corrected chi connectivity index (χ4v) is 2.95. The summed E-state index contributed by atoms with van der Waals surface area (Å²) in [7, 11) is 0. The summed E-state index contributed by atoms with van der Waals surface area (Å²) in [5.41, 5.74) is 0.619. The Labute approximate surface area is 144 Å². The highest BCUT2D eigenvalue weighted by atomic mass is 16.3. The molecule has 5 nitrogen and oxygen atoms in total. The third-order valence-corrected chi connectivity index (χ3v) is 4.46. The van der Waals surface area contributed by atoms with Crippen molar-refractivity contribution >= 4 is 5.91 Å². The van der Waals surface area contributed by atoms with Crippen molar-refractivity contribution in [3.8, 4) is 11.5 Å². The third kappa shape index (κ3) is 7.21. The Morgan fingerprint density at radius 2 is 1.92 bits per heavy atom. The van der Waals surface area contributed by atoms with Gasteiger partial charge in [-0.05, 0) is 36.3 Å². The molecule has 0 aromatic heterocycles. The minimum Gasteiger partial charge on any atom is -0.508 e. The zero-order valence-electron chi connectivity index (χ0n) is 14.8. The molecule has 0 spiro atoms. The summed E-state index contributed by atoms with van der Waals surface area (Å²) >= 11 is 0. The Morgan fingerprint density at radius 3 is 2.50 bits per heavy atom. The molecular formula is C19H31NO4. The van der Waals surface area contributed by atoms with Crippen LogP contribution in [0.15, 0.2) is 18.2 Å². The smallest absolute Gasteiger partial charge is 0.220 e. The number of hydrogen-bond acceptors (Lipinski definition) is 4. The topological polar surface area (TPSA) is 89.8 Å². The molecule has 0 aliphatic carbocycles. The van der Waals surface area contributed by atoms with Gasteiger partial charge in [-0.2, -0.15) is 0 Å². The average molecular weight is 337 g/mol. The predicted octanol–water partition coefficient (Wildman–Crippen LogP) is 2.97. The van der Waals surface area contributed by atoms with Crippen molar-refractivity contribution in [3.63, 3.8) is 0 Å². The van der Waals surface area contributed by atoms with Crippen LogP contribution in [-0.2, 0) is 11.2 Å². The molecule has 0 saturated carbocycles. The van der Waals surface area contributed by atoms with Crippen molar-refractivity contribution in [2.24, 2.45) is 11.8 Å². The molecule has 1 aromatic carbocycles. The van der Waals surface area contributed by atoms with Crippen LogP contribution in [0.3, 0.4) is 0 Å². The largest absolute Gasteiger partial charge is 0.508 e. The second-order valence-electron chi connectivity index (χ2n) is 6.47. The molecule has 0 bridgehead atoms. The fourth-order valence-electron chi connectivity index (χ4n) is 2.95. The summed E-state index contributed by atoms with van der Waals surface area (Å²) in [6.45, 7) is 4.89. The lowest BCUT2D eigenvalue weighted by atomic mass is 9.95. The molecule has 1 rings (SSSR count). The summed E-state index contributed by atoms with van der Waals surface area (Å²) < 4.78 is 0. The van der Waals surface area contributed by atoms with Gasteiger partial charge in [0.05, 0.1) is 0 Å². The molecule has 0 fully saturated rings. The fraction of sp³-hybridized carbons (Fsp3) is 0.632. The molecule has 4 N–H and O–H groups in total. The Bertz CT molecular complexity index is 504. The van der Waals surface area contributed by atoms with E-state index < -0.39 is 0 Å². The van der Waals surface area contributed by atoms with E-state index in [-0.39, 0.29) is 36.4 Å². The lowest BCUT2D eigenvalue weighted by Crippen LogP contribution is -2.29. The molecule has 5 heteroatoms. The molecule has 1 amide bonds. The van der Waals surface area contributed by atoms with Gasteiger partial charge in [0.25, 0.3) is 0 Å². The highest BCUT2D eigenvalue weighted by Gasteiger charge is 2.16. The molecule has 0 radical (unpaired) electrons. The van der Waals surface area contributed by atoms with Crippen LogP contribution in [-0.4, -0.2) is 34.4 Å². The number of aliphatic hydroxyl groups is 1. The van der Waals surface area contributed by atoms with Crippen LogP contribution in [0.5, 0.6) is 11.5 Å². The summed E-state index contributed by atoms with van der Waals surface area (Å²) in [4.78, 5) is 12.0. The molecule has 0 heterocycles. The number of hydrogen-bond donors (Lipinski definition) is 4. The summed E-state index contributed by atoms with van der Waals surface area (Å²) in [6, 6.07) is 4.37. The van der Waals surface area contributed by atoms with Crippen LogP contribution in [0.25, 0.3) is 0 Å². The zero-order chi connectivity index (χ0) is 17.9. The number of carbonyl (C=O) groups excluding carboxylic acids is 1. The van der Waals surface area contributed by atoms with E-state index in [2.05, 4.69) is 19.2 Å². The Kier molecular flexibility index (Phi) is 9.23. The van der Waals surface area contributed by atoms with Gasteiger partial charge in [0.2, 0.25) is 5.91 Å². The molecular weight excluding hydrogens is 306 g/mol. The van der Waals surface area contributed by atoms with Crippen LogP contribution in [0.2, 0.25) is 0 Å². The van der Waals surface area contributed by atoms with Crippen molar-refractivity contribution in [3.05, 3.63) is 23.8 Å². The van der Waals surface area contributed by atoms with E-state index in [0.29, 0.717) is 24.4 Å². The van der Waals surface area contributed by atoms with E-state index in [1.54, 1.807) is 6.07 Å². The summed E-state index contributed by atoms with van der Waals surface area (Å²) in [6.07, 6.45) is 5.08. The number of phenolic OH excluding ortho intramolecular Hbond substituents is 2. The first-order valence-corrected chi connectivity index (χ1v) is 8.88. The molecule has 2 atom stereocenters. The normalized spacial score (nSPS) is 13.5. The molecule has 0 aliphatic heterocycles. The van der Waals surface area contributed by atoms with Crippen LogP contribution in [0, 0.1) is 11.8 Å². The Morgan fingerprint density at radius 1 is 1.17 bits per heavy atom. The summed E-state index contributed by atoms with van der Waals surface area (Å²) in [5, 5.41) is 31.5. The van der Waals surface area contributed by atoms with Gasteiger partial charge < -0.3 is 20.6 Å². The first kappa shape index (κ1) is 20.3. The van der Waals surface area contributed by atoms with Gasteiger partial charge in [0, 0.05) is 25.6 Å². The maximum atomic E-state index is 12.0. The van der Waals surface area contributed by atoms with Crippen molar-refractivity contribution in [2.75, 3.05) is 13.2 Å². The molecule has 0 aliphatic rings. The highest BCUT2D eigenvalue weighted by Crippen LogP contribution is 2.25. The number of amides is 1. The SMILES string of the molecule is CCCC(CC)CCNC(=O)CC(CO)Cc1ccc(O)cc1O. The summed E-state index contributed by atoms with van der Waals surface area (Å²) in [5.74, 6) is 0.306. The van der Waals surface area contributed by atoms with E-state index in [1.807, 2.05) is 0 Å². The standard InChI is InChI=1S/C19H31NO4/c1-3-5-14(4-2)8-9-20-19(24)11-15(13-21)10-16-6-7-17(22)12-18(16)23/h6-7,12,14-15,21-23H,3-5,8-11,13H2,1-2H3,(H,20,24). The third-order valence-electron chi connectivity index (χ3n) is 4.46. The second kappa shape index (κ2) is 10.9. The highest BCUT2D eigenvalue weighted by molar-refractivity contribution is 5.76. The molecule has 1 aromatic rings. The number of nitrogens with one attached hydrogen (secondary N) is 1. The van der Waals surface area contributed by atoms with Crippen molar-refractivity contribution in [1.82, 2.24) is 5.32 Å². The number of phenols is 2. The number of aliphatic hydroxyl groups excluding tert-OH is 1. The molecule has 2 unspecified atom stereocenters. The quantitative estimate of drug-likeness (QED) is 0.500. The van der Waals surface area contributed by atoms with Crippen LogP contribution < -0.4 is 5.32 Å². The number of rotatable bonds is 11. The average Bonchev–Trinajstić information content (AvgIpc) is 2.55. The second-order valence-corrected chi connectivity index (χ2v) is 6.47. The van der Waals surface area contributed by atoms with Gasteiger partial charge in [-0.3, -0.25) is 4.79 Å². The van der Waals surface area contributed by atoms with Crippen LogP contribution in [0.1, 0.15) is 51.5 Å². The van der Waals surface area contributed by atoms with Gasteiger partial charge in [-0.1, -0.05) is 39.2 Å². The van der Waals surface area contributed by atoms with E-state index in [1.165, 1.54) is 18.6 Å². The lowest BCUT2D eigenvalue weighted by molar-refractivity contribution is -0.122. The molecule has 24 heavy (non-hydrogen) atoms. The minimum absolute atomic E-state index is 0.00732. The van der Waals surface area contributed by atoms with E-state index in [4.69, 9.17) is 0 Å². The first-order chi connectivity index (χ1) is 11.5. The van der Waals surface area contributed by atoms with E-state index in [0.717, 1.165) is 19.3 Å². The lowest BCUT2D eigenvalue weighted by Gasteiger charge is -2.17. The molecule has 0 saturated heterocycles. The monoisotopic (exact) mass is 337 g/mol. The van der Waals surface area contributed by atoms with Crippen LogP contribution >= 0.6 is 0 Å². The maximum Gasteiger partial charge on any atom is 0.220 e. The van der Waals surface area contributed by atoms with Gasteiger partial charge in [-0.15, -0.1) is 0 Å². The van der Waals surface area contributed by atoms with Gasteiger partial charge in [0.1, 0.15) is 11.5 Å². The number of benzene rings is 1. The number of carbonyl (C=O) groups is 1. The Balaban J connectivity index is 2.42. The zero-order valence-corrected chi connectivity index (χ0v) is 14.8. The first-order valence-electron chi connectivity index (χ1n) is 8.88. The van der Waals surface area contributed by atoms with E-state index in [9.17, 15) is 20.1 Å². The number of aromatic hydroxyl groups is 2. The van der Waals surface area contributed by atoms with Crippen molar-refractivity contribution < 1.29 is 20.1 Å². The van der Waals surface area contributed by atoms with Gasteiger partial charge in [-0.25, -0.2) is 0 Å².